The lowest BCUT2D eigenvalue weighted by Gasteiger charge is -2.16. The van der Waals surface area contributed by atoms with Gasteiger partial charge in [0.05, 0.1) is 6.54 Å². The fraction of sp³-hybridized carbons (Fsp3) is 0.824. The Morgan fingerprint density at radius 1 is 0.920 bits per heavy atom. The Labute approximate surface area is 150 Å². The van der Waals surface area contributed by atoms with Crippen molar-refractivity contribution in [3.05, 3.63) is 0 Å². The fourth-order valence-corrected chi connectivity index (χ4v) is 2.13. The summed E-state index contributed by atoms with van der Waals surface area (Å²) in [5.74, 6) is -0.737. The van der Waals surface area contributed by atoms with Gasteiger partial charge in [0.1, 0.15) is 6.61 Å². The molecule has 0 spiro atoms. The molecule has 8 heteroatoms. The van der Waals surface area contributed by atoms with E-state index in [4.69, 9.17) is 5.11 Å². The summed E-state index contributed by atoms with van der Waals surface area (Å²) in [5, 5.41) is 14.3. The number of hydrogen-bond donors (Lipinski definition) is 3. The first-order valence-corrected chi connectivity index (χ1v) is 8.97. The molecule has 0 heterocycles. The van der Waals surface area contributed by atoms with Gasteiger partial charge in [-0.05, 0) is 32.9 Å². The zero-order valence-corrected chi connectivity index (χ0v) is 15.8. The number of carbonyl (C=O) groups excluding carboxylic acids is 3. The summed E-state index contributed by atoms with van der Waals surface area (Å²) in [6.45, 7) is 4.49. The van der Waals surface area contributed by atoms with Gasteiger partial charge in [0.15, 0.2) is 0 Å². The second-order valence-corrected chi connectivity index (χ2v) is 6.22. The topological polar surface area (TPSA) is 102 Å². The van der Waals surface area contributed by atoms with Crippen LogP contribution in [0.1, 0.15) is 39.0 Å². The predicted octanol–water partition coefficient (Wildman–Crippen LogP) is -0.428. The molecule has 0 aromatic heterocycles. The van der Waals surface area contributed by atoms with E-state index in [0.717, 1.165) is 13.1 Å². The van der Waals surface area contributed by atoms with Crippen LogP contribution in [0.2, 0.25) is 0 Å². The second kappa shape index (κ2) is 14.7. The van der Waals surface area contributed by atoms with Crippen molar-refractivity contribution in [1.29, 1.82) is 0 Å². The highest BCUT2D eigenvalue weighted by Gasteiger charge is 2.11. The number of unbranched alkanes of at least 4 members (excludes halogenated alkanes) is 2. The number of likely N-dealkylation sites (N-methyl/N-ethyl adjacent to an activating group) is 2. The Morgan fingerprint density at radius 2 is 1.60 bits per heavy atom. The van der Waals surface area contributed by atoms with Crippen LogP contribution >= 0.6 is 0 Å². The van der Waals surface area contributed by atoms with Crippen LogP contribution in [0.15, 0.2) is 0 Å². The van der Waals surface area contributed by atoms with Gasteiger partial charge in [-0.3, -0.25) is 14.4 Å². The van der Waals surface area contributed by atoms with E-state index in [-0.39, 0.29) is 18.4 Å². The highest BCUT2D eigenvalue weighted by molar-refractivity contribution is 5.84. The molecule has 0 saturated carbocycles. The minimum absolute atomic E-state index is 0.0310. The molecule has 0 radical (unpaired) electrons. The number of aliphatic hydroxyl groups is 1. The number of hydrogen-bond acceptors (Lipinski definition) is 5. The lowest BCUT2D eigenvalue weighted by Crippen LogP contribution is -2.39. The van der Waals surface area contributed by atoms with Gasteiger partial charge in [-0.25, -0.2) is 0 Å². The zero-order chi connectivity index (χ0) is 19.1. The van der Waals surface area contributed by atoms with E-state index in [1.807, 2.05) is 0 Å². The lowest BCUT2D eigenvalue weighted by atomic mass is 10.2. The van der Waals surface area contributed by atoms with E-state index in [2.05, 4.69) is 29.5 Å². The summed E-state index contributed by atoms with van der Waals surface area (Å²) in [6.07, 6.45) is 4.18. The molecular formula is C17H34N4O4. The fourth-order valence-electron chi connectivity index (χ4n) is 2.13. The van der Waals surface area contributed by atoms with E-state index in [9.17, 15) is 14.4 Å². The number of rotatable bonds is 14. The molecule has 0 saturated heterocycles. The van der Waals surface area contributed by atoms with Gasteiger partial charge in [0.25, 0.3) is 0 Å². The van der Waals surface area contributed by atoms with Crippen molar-refractivity contribution < 1.29 is 19.5 Å². The normalized spacial score (nSPS) is 10.6. The zero-order valence-electron chi connectivity index (χ0n) is 15.8. The van der Waals surface area contributed by atoms with Gasteiger partial charge in [-0.15, -0.1) is 0 Å². The van der Waals surface area contributed by atoms with Gasteiger partial charge in [-0.1, -0.05) is 13.3 Å². The largest absolute Gasteiger partial charge is 0.387 e. The van der Waals surface area contributed by atoms with Gasteiger partial charge in [0, 0.05) is 33.1 Å². The first kappa shape index (κ1) is 23.3. The summed E-state index contributed by atoms with van der Waals surface area (Å²) >= 11 is 0. The highest BCUT2D eigenvalue weighted by atomic mass is 16.3. The maximum absolute atomic E-state index is 11.7. The molecule has 0 unspecified atom stereocenters. The Bertz CT molecular complexity index is 404. The minimum Gasteiger partial charge on any atom is -0.387 e. The Morgan fingerprint density at radius 3 is 2.24 bits per heavy atom. The van der Waals surface area contributed by atoms with E-state index in [0.29, 0.717) is 32.4 Å². The van der Waals surface area contributed by atoms with Crippen LogP contribution in [0.4, 0.5) is 0 Å². The maximum Gasteiger partial charge on any atom is 0.248 e. The molecule has 3 N–H and O–H groups in total. The van der Waals surface area contributed by atoms with Crippen LogP contribution in [-0.2, 0) is 14.4 Å². The van der Waals surface area contributed by atoms with E-state index >= 15 is 0 Å². The standard InChI is InChI=1S/C17H34N4O4/c1-4-5-11-20(2)12-10-19-15(23)8-6-7-9-18-16(24)13-21(3)17(25)14-22/h22H,4-14H2,1-3H3,(H,18,24)(H,19,23). The first-order valence-electron chi connectivity index (χ1n) is 8.97. The third-order valence-corrected chi connectivity index (χ3v) is 3.80. The SMILES string of the molecule is CCCCN(C)CCNC(=O)CCCCNC(=O)CN(C)C(=O)CO. The number of aliphatic hydroxyl groups excluding tert-OH is 1. The molecule has 0 fully saturated rings. The molecule has 0 aliphatic carbocycles. The summed E-state index contributed by atoms with van der Waals surface area (Å²) in [7, 11) is 3.51. The van der Waals surface area contributed by atoms with Crippen molar-refractivity contribution in [1.82, 2.24) is 20.4 Å². The second-order valence-electron chi connectivity index (χ2n) is 6.22. The molecule has 146 valence electrons. The van der Waals surface area contributed by atoms with Crippen LogP contribution in [0.5, 0.6) is 0 Å². The average Bonchev–Trinajstić information content (AvgIpc) is 2.58. The number of amides is 3. The molecule has 0 aliphatic heterocycles. The maximum atomic E-state index is 11.7. The van der Waals surface area contributed by atoms with E-state index in [1.54, 1.807) is 0 Å². The highest BCUT2D eigenvalue weighted by Crippen LogP contribution is 1.95. The first-order chi connectivity index (χ1) is 11.9. The van der Waals surface area contributed by atoms with E-state index < -0.39 is 12.5 Å². The minimum atomic E-state index is -0.604. The third-order valence-electron chi connectivity index (χ3n) is 3.80. The van der Waals surface area contributed by atoms with E-state index in [1.165, 1.54) is 24.8 Å². The summed E-state index contributed by atoms with van der Waals surface area (Å²) in [5.41, 5.74) is 0. The molecule has 3 amide bonds. The van der Waals surface area contributed by atoms with Crippen molar-refractivity contribution in [2.75, 3.05) is 53.4 Å². The molecule has 0 bridgehead atoms. The Balaban J connectivity index is 3.59. The summed E-state index contributed by atoms with van der Waals surface area (Å²) in [6, 6.07) is 0. The number of nitrogens with zero attached hydrogens (tertiary/aromatic N) is 2. The van der Waals surface area contributed by atoms with Crippen LogP contribution < -0.4 is 10.6 Å². The van der Waals surface area contributed by atoms with Gasteiger partial charge < -0.3 is 25.5 Å². The monoisotopic (exact) mass is 358 g/mol. The van der Waals surface area contributed by atoms with Gasteiger partial charge >= 0.3 is 0 Å². The summed E-state index contributed by atoms with van der Waals surface area (Å²) < 4.78 is 0. The average molecular weight is 358 g/mol. The molecule has 0 atom stereocenters. The van der Waals surface area contributed by atoms with Crippen LogP contribution in [-0.4, -0.2) is 86.1 Å². The molecule has 0 rings (SSSR count). The molecule has 25 heavy (non-hydrogen) atoms. The van der Waals surface area contributed by atoms with Crippen LogP contribution in [0, 0.1) is 0 Å². The molecule has 8 nitrogen and oxygen atoms in total. The molecule has 0 aromatic carbocycles. The predicted molar refractivity (Wildman–Crippen MR) is 97.0 cm³/mol. The van der Waals surface area contributed by atoms with Crippen LogP contribution in [0.3, 0.4) is 0 Å². The Kier molecular flexibility index (Phi) is 13.7. The Hall–Kier alpha value is -1.67. The van der Waals surface area contributed by atoms with Crippen molar-refractivity contribution in [3.8, 4) is 0 Å². The van der Waals surface area contributed by atoms with Crippen molar-refractivity contribution >= 4 is 17.7 Å². The van der Waals surface area contributed by atoms with Crippen molar-refractivity contribution in [2.24, 2.45) is 0 Å². The number of nitrogens with one attached hydrogen (secondary N) is 2. The number of carbonyl (C=O) groups is 3. The van der Waals surface area contributed by atoms with Crippen molar-refractivity contribution in [3.63, 3.8) is 0 Å². The lowest BCUT2D eigenvalue weighted by molar-refractivity contribution is -0.136. The molecule has 0 aromatic rings. The molecular weight excluding hydrogens is 324 g/mol. The molecule has 0 aliphatic rings. The summed E-state index contributed by atoms with van der Waals surface area (Å²) in [4.78, 5) is 37.8. The van der Waals surface area contributed by atoms with Gasteiger partial charge in [-0.2, -0.15) is 0 Å². The smallest absolute Gasteiger partial charge is 0.248 e. The van der Waals surface area contributed by atoms with Gasteiger partial charge in [0.2, 0.25) is 17.7 Å². The quantitative estimate of drug-likeness (QED) is 0.366. The van der Waals surface area contributed by atoms with Crippen LogP contribution in [0.25, 0.3) is 0 Å². The third kappa shape index (κ3) is 13.3. The van der Waals surface area contributed by atoms with Crippen molar-refractivity contribution in [2.45, 2.75) is 39.0 Å².